The lowest BCUT2D eigenvalue weighted by atomic mass is 10.2. The second-order valence-electron chi connectivity index (χ2n) is 7.69. The molecular weight excluding hydrogens is 394 g/mol. The van der Waals surface area contributed by atoms with Gasteiger partial charge in [-0.15, -0.1) is 5.10 Å². The van der Waals surface area contributed by atoms with Crippen molar-refractivity contribution in [3.63, 3.8) is 0 Å². The van der Waals surface area contributed by atoms with Crippen molar-refractivity contribution in [2.24, 2.45) is 5.16 Å². The zero-order chi connectivity index (χ0) is 22.0. The fraction of sp³-hybridized carbons (Fsp3) is 0.364. The predicted molar refractivity (Wildman–Crippen MR) is 120 cm³/mol. The maximum absolute atomic E-state index is 5.41. The Morgan fingerprint density at radius 2 is 1.90 bits per heavy atom. The number of fused-ring (bicyclic) bond motifs is 3. The van der Waals surface area contributed by atoms with Gasteiger partial charge in [0.25, 0.3) is 0 Å². The van der Waals surface area contributed by atoms with Crippen LogP contribution in [0, 0.1) is 13.8 Å². The van der Waals surface area contributed by atoms with E-state index in [-0.39, 0.29) is 6.61 Å². The van der Waals surface area contributed by atoms with Crippen molar-refractivity contribution < 1.29 is 9.57 Å². The number of aromatic nitrogens is 5. The van der Waals surface area contributed by atoms with Crippen molar-refractivity contribution in [1.82, 2.24) is 29.0 Å². The van der Waals surface area contributed by atoms with Gasteiger partial charge in [-0.1, -0.05) is 5.16 Å². The summed E-state index contributed by atoms with van der Waals surface area (Å²) in [6.45, 7) is 6.22. The van der Waals surface area contributed by atoms with Crippen LogP contribution in [0.1, 0.15) is 22.6 Å². The Balaban J connectivity index is 1.54. The SMILES string of the molecule is COc1ccc(/C=N\OCc2nc3c4c(C)c(C)n(CCN(C)C)c4ncn3n2)cc1. The zero-order valence-electron chi connectivity index (χ0n) is 18.5. The summed E-state index contributed by atoms with van der Waals surface area (Å²) >= 11 is 0. The summed E-state index contributed by atoms with van der Waals surface area (Å²) in [5, 5.41) is 9.54. The lowest BCUT2D eigenvalue weighted by molar-refractivity contribution is 0.126. The average Bonchev–Trinajstić information content (AvgIpc) is 3.28. The Labute approximate surface area is 180 Å². The van der Waals surface area contributed by atoms with E-state index in [0.717, 1.165) is 41.1 Å². The monoisotopic (exact) mass is 421 g/mol. The number of rotatable bonds is 8. The number of likely N-dealkylation sites (N-methyl/N-ethyl adjacent to an activating group) is 1. The van der Waals surface area contributed by atoms with Crippen molar-refractivity contribution >= 4 is 22.9 Å². The largest absolute Gasteiger partial charge is 0.497 e. The number of ether oxygens (including phenoxy) is 1. The second-order valence-corrected chi connectivity index (χ2v) is 7.69. The standard InChI is InChI=1S/C22H27N7O2/c1-15-16(2)28(11-10-27(3)4)21-20(15)22-25-19(26-29(22)14-23-21)13-31-24-12-17-6-8-18(30-5)9-7-17/h6-9,12,14H,10-11,13H2,1-5H3/b24-12-. The van der Waals surface area contributed by atoms with Gasteiger partial charge in [0.15, 0.2) is 18.1 Å². The summed E-state index contributed by atoms with van der Waals surface area (Å²) in [4.78, 5) is 16.9. The van der Waals surface area contributed by atoms with Crippen LogP contribution in [0.5, 0.6) is 5.75 Å². The number of oxime groups is 1. The number of methoxy groups -OCH3 is 1. The van der Waals surface area contributed by atoms with Gasteiger partial charge in [-0.3, -0.25) is 0 Å². The van der Waals surface area contributed by atoms with Crippen molar-refractivity contribution in [3.05, 3.63) is 53.2 Å². The first-order valence-electron chi connectivity index (χ1n) is 10.1. The molecule has 3 heterocycles. The van der Waals surface area contributed by atoms with Crippen LogP contribution in [-0.2, 0) is 18.0 Å². The molecule has 0 amide bonds. The molecule has 9 nitrogen and oxygen atoms in total. The highest BCUT2D eigenvalue weighted by Gasteiger charge is 2.18. The number of nitrogens with zero attached hydrogens (tertiary/aromatic N) is 7. The smallest absolute Gasteiger partial charge is 0.192 e. The minimum atomic E-state index is 0.176. The Kier molecular flexibility index (Phi) is 5.85. The first-order valence-corrected chi connectivity index (χ1v) is 10.1. The van der Waals surface area contributed by atoms with Gasteiger partial charge < -0.3 is 19.0 Å². The molecule has 0 aliphatic rings. The van der Waals surface area contributed by atoms with Crippen LogP contribution in [0.25, 0.3) is 16.7 Å². The molecular formula is C22H27N7O2. The van der Waals surface area contributed by atoms with E-state index in [4.69, 9.17) is 14.6 Å². The van der Waals surface area contributed by atoms with E-state index in [9.17, 15) is 0 Å². The fourth-order valence-corrected chi connectivity index (χ4v) is 3.49. The van der Waals surface area contributed by atoms with Gasteiger partial charge >= 0.3 is 0 Å². The van der Waals surface area contributed by atoms with E-state index in [0.29, 0.717) is 5.82 Å². The molecule has 9 heteroatoms. The highest BCUT2D eigenvalue weighted by molar-refractivity contribution is 5.93. The maximum Gasteiger partial charge on any atom is 0.192 e. The molecule has 0 radical (unpaired) electrons. The van der Waals surface area contributed by atoms with Gasteiger partial charge in [0, 0.05) is 18.8 Å². The topological polar surface area (TPSA) is 82.1 Å². The molecule has 4 aromatic rings. The third-order valence-corrected chi connectivity index (χ3v) is 5.35. The van der Waals surface area contributed by atoms with E-state index in [2.05, 4.69) is 52.6 Å². The molecule has 4 rings (SSSR count). The molecule has 31 heavy (non-hydrogen) atoms. The van der Waals surface area contributed by atoms with Gasteiger partial charge in [-0.25, -0.2) is 14.5 Å². The molecule has 0 aliphatic heterocycles. The van der Waals surface area contributed by atoms with Crippen molar-refractivity contribution in [2.75, 3.05) is 27.7 Å². The van der Waals surface area contributed by atoms with Crippen LogP contribution in [0.15, 0.2) is 35.7 Å². The summed E-state index contributed by atoms with van der Waals surface area (Å²) in [5.41, 5.74) is 5.00. The quantitative estimate of drug-likeness (QED) is 0.321. The van der Waals surface area contributed by atoms with Crippen LogP contribution in [0.3, 0.4) is 0 Å². The predicted octanol–water partition coefficient (Wildman–Crippen LogP) is 2.82. The summed E-state index contributed by atoms with van der Waals surface area (Å²) in [6, 6.07) is 7.56. The highest BCUT2D eigenvalue weighted by atomic mass is 16.6. The Morgan fingerprint density at radius 1 is 1.13 bits per heavy atom. The van der Waals surface area contributed by atoms with Crippen molar-refractivity contribution in [1.29, 1.82) is 0 Å². The van der Waals surface area contributed by atoms with E-state index < -0.39 is 0 Å². The van der Waals surface area contributed by atoms with Gasteiger partial charge in [-0.2, -0.15) is 0 Å². The minimum Gasteiger partial charge on any atom is -0.497 e. The molecule has 3 aromatic heterocycles. The zero-order valence-corrected chi connectivity index (χ0v) is 18.5. The third-order valence-electron chi connectivity index (χ3n) is 5.35. The molecule has 1 aromatic carbocycles. The van der Waals surface area contributed by atoms with E-state index >= 15 is 0 Å². The molecule has 0 bridgehead atoms. The van der Waals surface area contributed by atoms with Gasteiger partial charge in [0.05, 0.1) is 18.7 Å². The van der Waals surface area contributed by atoms with Crippen LogP contribution >= 0.6 is 0 Å². The number of benzene rings is 1. The normalized spacial score (nSPS) is 11.9. The summed E-state index contributed by atoms with van der Waals surface area (Å²) in [6.07, 6.45) is 3.35. The molecule has 0 N–H and O–H groups in total. The first kappa shape index (κ1) is 20.8. The van der Waals surface area contributed by atoms with Gasteiger partial charge in [0.2, 0.25) is 0 Å². The van der Waals surface area contributed by atoms with Crippen molar-refractivity contribution in [3.8, 4) is 5.75 Å². The van der Waals surface area contributed by atoms with Gasteiger partial charge in [0.1, 0.15) is 17.7 Å². The average molecular weight is 422 g/mol. The van der Waals surface area contributed by atoms with Crippen LogP contribution in [-0.4, -0.2) is 63.0 Å². The van der Waals surface area contributed by atoms with E-state index in [1.54, 1.807) is 24.2 Å². The summed E-state index contributed by atoms with van der Waals surface area (Å²) in [7, 11) is 5.78. The summed E-state index contributed by atoms with van der Waals surface area (Å²) < 4.78 is 9.10. The van der Waals surface area contributed by atoms with Crippen LogP contribution in [0.4, 0.5) is 0 Å². The highest BCUT2D eigenvalue weighted by Crippen LogP contribution is 2.26. The van der Waals surface area contributed by atoms with E-state index in [1.165, 1.54) is 11.3 Å². The van der Waals surface area contributed by atoms with Crippen molar-refractivity contribution in [2.45, 2.75) is 27.0 Å². The molecule has 0 atom stereocenters. The number of hydrogen-bond donors (Lipinski definition) is 0. The second kappa shape index (κ2) is 8.73. The Bertz CT molecular complexity index is 1220. The molecule has 0 saturated carbocycles. The molecule has 0 unspecified atom stereocenters. The first-order chi connectivity index (χ1) is 15.0. The van der Waals surface area contributed by atoms with E-state index in [1.807, 2.05) is 24.3 Å². The fourth-order valence-electron chi connectivity index (χ4n) is 3.49. The number of hydrogen-bond acceptors (Lipinski definition) is 7. The lowest BCUT2D eigenvalue weighted by Gasteiger charge is -2.12. The Hall–Kier alpha value is -3.46. The molecule has 162 valence electrons. The molecule has 0 fully saturated rings. The maximum atomic E-state index is 5.41. The van der Waals surface area contributed by atoms with Crippen LogP contribution in [0.2, 0.25) is 0 Å². The third kappa shape index (κ3) is 4.22. The Morgan fingerprint density at radius 3 is 2.61 bits per heavy atom. The van der Waals surface area contributed by atoms with Crippen LogP contribution < -0.4 is 4.74 Å². The summed E-state index contributed by atoms with van der Waals surface area (Å²) in [5.74, 6) is 1.35. The number of aryl methyl sites for hydroxylation is 1. The molecule has 0 saturated heterocycles. The lowest BCUT2D eigenvalue weighted by Crippen LogP contribution is -2.19. The molecule has 0 spiro atoms. The van der Waals surface area contributed by atoms with Gasteiger partial charge in [-0.05, 0) is 63.3 Å². The molecule has 0 aliphatic carbocycles. The minimum absolute atomic E-state index is 0.176.